The van der Waals surface area contributed by atoms with Crippen LogP contribution in [-0.4, -0.2) is 52.6 Å². The van der Waals surface area contributed by atoms with Gasteiger partial charge in [0.15, 0.2) is 6.61 Å². The van der Waals surface area contributed by atoms with E-state index in [0.29, 0.717) is 16.0 Å². The Kier molecular flexibility index (Phi) is 8.59. The summed E-state index contributed by atoms with van der Waals surface area (Å²) >= 11 is 6.55. The zero-order valence-corrected chi connectivity index (χ0v) is 16.7. The number of thioether (sulfide) groups is 1. The minimum Gasteiger partial charge on any atom is -0.467 e. The average molecular weight is 414 g/mol. The fourth-order valence-electron chi connectivity index (χ4n) is 2.38. The van der Waals surface area contributed by atoms with Gasteiger partial charge in [-0.3, -0.25) is 14.9 Å². The Morgan fingerprint density at radius 2 is 2.11 bits per heavy atom. The van der Waals surface area contributed by atoms with E-state index in [1.165, 1.54) is 18.0 Å². The van der Waals surface area contributed by atoms with Crippen LogP contribution in [0.25, 0.3) is 0 Å². The van der Waals surface area contributed by atoms with Crippen molar-refractivity contribution in [2.24, 2.45) is 5.92 Å². The molecule has 2 rings (SSSR count). The van der Waals surface area contributed by atoms with Gasteiger partial charge in [0.1, 0.15) is 10.1 Å². The van der Waals surface area contributed by atoms with Crippen molar-refractivity contribution in [3.63, 3.8) is 0 Å². The third kappa shape index (κ3) is 8.00. The zero-order chi connectivity index (χ0) is 19.6. The summed E-state index contributed by atoms with van der Waals surface area (Å²) in [6.07, 6.45) is 3.66. The lowest BCUT2D eigenvalue weighted by atomic mass is 10.00. The molecule has 0 radical (unpaired) electrons. The van der Waals surface area contributed by atoms with E-state index >= 15 is 0 Å². The molecule has 1 aromatic heterocycles. The van der Waals surface area contributed by atoms with E-state index in [9.17, 15) is 14.4 Å². The van der Waals surface area contributed by atoms with E-state index < -0.39 is 24.5 Å². The van der Waals surface area contributed by atoms with Gasteiger partial charge in [0.05, 0.1) is 18.6 Å². The maximum Gasteiger partial charge on any atom is 0.321 e. The molecule has 0 aromatic carbocycles. The molecule has 2 heterocycles. The van der Waals surface area contributed by atoms with Gasteiger partial charge in [-0.2, -0.15) is 0 Å². The molecule has 3 amide bonds. The van der Waals surface area contributed by atoms with Crippen molar-refractivity contribution in [1.29, 1.82) is 0 Å². The summed E-state index contributed by atoms with van der Waals surface area (Å²) in [5, 5.41) is 4.52. The molecule has 0 aliphatic carbocycles. The summed E-state index contributed by atoms with van der Waals surface area (Å²) < 4.78 is 10.6. The largest absolute Gasteiger partial charge is 0.467 e. The second kappa shape index (κ2) is 10.9. The van der Waals surface area contributed by atoms with Gasteiger partial charge in [-0.25, -0.2) is 4.79 Å². The molecule has 0 saturated carbocycles. The van der Waals surface area contributed by atoms with Crippen LogP contribution in [0.4, 0.5) is 4.79 Å². The molecule has 0 bridgehead atoms. The van der Waals surface area contributed by atoms with Crippen molar-refractivity contribution in [2.75, 3.05) is 25.4 Å². The van der Waals surface area contributed by atoms with Crippen molar-refractivity contribution in [3.05, 3.63) is 24.2 Å². The van der Waals surface area contributed by atoms with E-state index in [2.05, 4.69) is 22.5 Å². The molecular formula is C17H23N3O5S2. The maximum atomic E-state index is 11.7. The summed E-state index contributed by atoms with van der Waals surface area (Å²) in [6, 6.07) is 2.69. The fraction of sp³-hybridized carbons (Fsp3) is 0.529. The predicted octanol–water partition coefficient (Wildman–Crippen LogP) is 1.90. The lowest BCUT2D eigenvalue weighted by Crippen LogP contribution is -2.41. The van der Waals surface area contributed by atoms with E-state index in [1.807, 2.05) is 0 Å². The van der Waals surface area contributed by atoms with Crippen LogP contribution in [0.1, 0.15) is 25.5 Å². The molecule has 1 aliphatic rings. The van der Waals surface area contributed by atoms with Crippen molar-refractivity contribution < 1.29 is 23.5 Å². The van der Waals surface area contributed by atoms with Crippen LogP contribution in [0.5, 0.6) is 0 Å². The van der Waals surface area contributed by atoms with E-state index in [4.69, 9.17) is 21.4 Å². The number of urea groups is 1. The van der Waals surface area contributed by atoms with E-state index in [-0.39, 0.29) is 12.3 Å². The van der Waals surface area contributed by atoms with Crippen LogP contribution in [0.3, 0.4) is 0 Å². The van der Waals surface area contributed by atoms with Crippen LogP contribution in [-0.2, 0) is 20.9 Å². The van der Waals surface area contributed by atoms with E-state index in [0.717, 1.165) is 25.9 Å². The smallest absolute Gasteiger partial charge is 0.321 e. The number of carbonyl (C=O) groups excluding carboxylic acids is 3. The van der Waals surface area contributed by atoms with Gasteiger partial charge in [-0.05, 0) is 30.9 Å². The molecule has 0 spiro atoms. The van der Waals surface area contributed by atoms with Gasteiger partial charge in [-0.1, -0.05) is 30.9 Å². The number of rotatable bonds is 6. The molecule has 10 heteroatoms. The standard InChI is InChI=1S/C17H23N3O5S2/c1-12-4-6-20(7-5-12)17(26)27-11-15(22)25-10-14(21)19-16(23)18-9-13-3-2-8-24-13/h2-3,8,12H,4-7,9-11H2,1H3,(H2,18,19,21,23). The number of furan rings is 1. The molecule has 148 valence electrons. The van der Waals surface area contributed by atoms with Crippen LogP contribution >= 0.6 is 24.0 Å². The number of carbonyl (C=O) groups is 3. The summed E-state index contributed by atoms with van der Waals surface area (Å²) in [6.45, 7) is 3.64. The van der Waals surface area contributed by atoms with Crippen LogP contribution in [0.15, 0.2) is 22.8 Å². The topological polar surface area (TPSA) is 101 Å². The van der Waals surface area contributed by atoms with Crippen molar-refractivity contribution >= 4 is 46.2 Å². The number of nitrogens with zero attached hydrogens (tertiary/aromatic N) is 1. The first-order valence-corrected chi connectivity index (χ1v) is 10.0. The summed E-state index contributed by atoms with van der Waals surface area (Å²) in [4.78, 5) is 37.0. The summed E-state index contributed by atoms with van der Waals surface area (Å²) in [7, 11) is 0. The SMILES string of the molecule is CC1CCN(C(=S)SCC(=O)OCC(=O)NC(=O)NCc2ccco2)CC1. The zero-order valence-electron chi connectivity index (χ0n) is 15.1. The Morgan fingerprint density at radius 3 is 2.78 bits per heavy atom. The normalized spacial score (nSPS) is 14.5. The Bertz CT molecular complexity index is 658. The minimum absolute atomic E-state index is 0.0306. The highest BCUT2D eigenvalue weighted by molar-refractivity contribution is 8.23. The monoisotopic (exact) mass is 413 g/mol. The fourth-order valence-corrected chi connectivity index (χ4v) is 3.43. The average Bonchev–Trinajstić information content (AvgIpc) is 3.17. The Hall–Kier alpha value is -2.07. The Morgan fingerprint density at radius 1 is 1.37 bits per heavy atom. The summed E-state index contributed by atoms with van der Waals surface area (Å²) in [5.74, 6) is 0.0221. The minimum atomic E-state index is -0.710. The molecule has 0 unspecified atom stereocenters. The Balaban J connectivity index is 1.56. The lowest BCUT2D eigenvalue weighted by Gasteiger charge is -2.31. The molecule has 27 heavy (non-hydrogen) atoms. The van der Waals surface area contributed by atoms with Gasteiger partial charge in [0, 0.05) is 13.1 Å². The third-order valence-corrected chi connectivity index (χ3v) is 5.47. The number of thiocarbonyl (C=S) groups is 1. The van der Waals surface area contributed by atoms with Gasteiger partial charge in [-0.15, -0.1) is 0 Å². The molecule has 1 saturated heterocycles. The maximum absolute atomic E-state index is 11.7. The lowest BCUT2D eigenvalue weighted by molar-refractivity contribution is -0.145. The molecule has 2 N–H and O–H groups in total. The van der Waals surface area contributed by atoms with Crippen molar-refractivity contribution in [2.45, 2.75) is 26.3 Å². The van der Waals surface area contributed by atoms with Gasteiger partial charge in [0.25, 0.3) is 5.91 Å². The quantitative estimate of drug-likeness (QED) is 0.539. The van der Waals surface area contributed by atoms with Gasteiger partial charge >= 0.3 is 12.0 Å². The first-order valence-electron chi connectivity index (χ1n) is 8.61. The number of imide groups is 1. The first-order chi connectivity index (χ1) is 12.9. The number of piperidine rings is 1. The number of nitrogens with one attached hydrogen (secondary N) is 2. The molecule has 0 atom stereocenters. The second-order valence-electron chi connectivity index (χ2n) is 6.20. The Labute approximate surface area is 167 Å². The number of hydrogen-bond donors (Lipinski definition) is 2. The van der Waals surface area contributed by atoms with Crippen LogP contribution < -0.4 is 10.6 Å². The van der Waals surface area contributed by atoms with Crippen LogP contribution in [0, 0.1) is 5.92 Å². The molecule has 1 aromatic rings. The first kappa shape index (κ1) is 21.2. The van der Waals surface area contributed by atoms with Crippen molar-refractivity contribution in [1.82, 2.24) is 15.5 Å². The predicted molar refractivity (Wildman–Crippen MR) is 105 cm³/mol. The van der Waals surface area contributed by atoms with E-state index in [1.54, 1.807) is 12.1 Å². The molecular weight excluding hydrogens is 390 g/mol. The number of amides is 3. The second-order valence-corrected chi connectivity index (χ2v) is 7.80. The van der Waals surface area contributed by atoms with Gasteiger partial charge in [0.2, 0.25) is 0 Å². The molecule has 1 aliphatic heterocycles. The third-order valence-electron chi connectivity index (χ3n) is 3.98. The highest BCUT2D eigenvalue weighted by Crippen LogP contribution is 2.20. The highest BCUT2D eigenvalue weighted by Gasteiger charge is 2.19. The van der Waals surface area contributed by atoms with Crippen LogP contribution in [0.2, 0.25) is 0 Å². The molecule has 1 fully saturated rings. The summed E-state index contributed by atoms with van der Waals surface area (Å²) in [5.41, 5.74) is 0. The number of ether oxygens (including phenoxy) is 1. The molecule has 8 nitrogen and oxygen atoms in total. The number of esters is 1. The van der Waals surface area contributed by atoms with Crippen molar-refractivity contribution in [3.8, 4) is 0 Å². The number of likely N-dealkylation sites (tertiary alicyclic amines) is 1. The highest BCUT2D eigenvalue weighted by atomic mass is 32.2. The van der Waals surface area contributed by atoms with Gasteiger partial charge < -0.3 is 19.4 Å². The number of hydrogen-bond acceptors (Lipinski definition) is 7.